The quantitative estimate of drug-likeness (QED) is 0.869. The first-order valence-corrected chi connectivity index (χ1v) is 5.97. The van der Waals surface area contributed by atoms with Crippen molar-refractivity contribution in [2.45, 2.75) is 20.0 Å². The van der Waals surface area contributed by atoms with Gasteiger partial charge in [-0.2, -0.15) is 5.26 Å². The zero-order valence-electron chi connectivity index (χ0n) is 11.3. The van der Waals surface area contributed by atoms with Crippen molar-refractivity contribution in [3.05, 3.63) is 23.8 Å². The van der Waals surface area contributed by atoms with Gasteiger partial charge in [0.05, 0.1) is 25.2 Å². The number of methoxy groups -OCH3 is 1. The van der Waals surface area contributed by atoms with Crippen LogP contribution in [-0.4, -0.2) is 25.8 Å². The largest absolute Gasteiger partial charge is 0.496 e. The highest BCUT2D eigenvalue weighted by Crippen LogP contribution is 2.34. The number of nitriles is 1. The third-order valence-corrected chi connectivity index (χ3v) is 2.86. The molecule has 1 aromatic rings. The van der Waals surface area contributed by atoms with Crippen LogP contribution in [0.1, 0.15) is 25.5 Å². The van der Waals surface area contributed by atoms with E-state index in [4.69, 9.17) is 10.00 Å². The first kappa shape index (κ1) is 14.3. The molecule has 0 aliphatic heterocycles. The molecule has 1 aromatic carbocycles. The maximum absolute atomic E-state index is 9.89. The molecule has 0 fully saturated rings. The molecule has 4 heteroatoms. The smallest absolute Gasteiger partial charge is 0.126 e. The highest BCUT2D eigenvalue weighted by molar-refractivity contribution is 5.60. The Kier molecular flexibility index (Phi) is 4.99. The number of aliphatic hydroxyl groups is 1. The van der Waals surface area contributed by atoms with Crippen LogP contribution in [0.25, 0.3) is 0 Å². The molecule has 1 N–H and O–H groups in total. The standard InChI is InChI=1S/C14H20N2O2/c1-10(8-15)9-16(3)12-6-5-7-13(18-4)14(12)11(2)17/h5-7,10-11,17H,9H2,1-4H3/t10?,11-/m0/s1. The Morgan fingerprint density at radius 2 is 2.11 bits per heavy atom. The van der Waals surface area contributed by atoms with Gasteiger partial charge in [-0.3, -0.25) is 0 Å². The zero-order valence-corrected chi connectivity index (χ0v) is 11.3. The molecular weight excluding hydrogens is 228 g/mol. The van der Waals surface area contributed by atoms with Gasteiger partial charge >= 0.3 is 0 Å². The summed E-state index contributed by atoms with van der Waals surface area (Å²) in [6.45, 7) is 4.20. The molecule has 0 heterocycles. The molecule has 0 spiro atoms. The van der Waals surface area contributed by atoms with Crippen molar-refractivity contribution in [3.63, 3.8) is 0 Å². The summed E-state index contributed by atoms with van der Waals surface area (Å²) in [6.07, 6.45) is -0.615. The monoisotopic (exact) mass is 248 g/mol. The lowest BCUT2D eigenvalue weighted by atomic mass is 10.0. The Morgan fingerprint density at radius 3 is 2.61 bits per heavy atom. The summed E-state index contributed by atoms with van der Waals surface area (Å²) < 4.78 is 5.28. The van der Waals surface area contributed by atoms with E-state index in [9.17, 15) is 5.11 Å². The van der Waals surface area contributed by atoms with Crippen LogP contribution < -0.4 is 9.64 Å². The molecule has 0 aliphatic rings. The summed E-state index contributed by atoms with van der Waals surface area (Å²) in [5, 5.41) is 18.7. The maximum atomic E-state index is 9.89. The lowest BCUT2D eigenvalue weighted by Crippen LogP contribution is -2.24. The highest BCUT2D eigenvalue weighted by atomic mass is 16.5. The molecular formula is C14H20N2O2. The minimum atomic E-state index is -0.615. The first-order chi connectivity index (χ1) is 8.51. The topological polar surface area (TPSA) is 56.5 Å². The summed E-state index contributed by atoms with van der Waals surface area (Å²) in [5.74, 6) is 0.599. The van der Waals surface area contributed by atoms with Gasteiger partial charge in [0, 0.05) is 24.8 Å². The second-order valence-corrected chi connectivity index (χ2v) is 4.48. The molecule has 0 aromatic heterocycles. The third kappa shape index (κ3) is 3.14. The van der Waals surface area contributed by atoms with Gasteiger partial charge in [-0.25, -0.2) is 0 Å². The molecule has 1 unspecified atom stereocenters. The molecule has 0 amide bonds. The Morgan fingerprint density at radius 1 is 1.44 bits per heavy atom. The van der Waals surface area contributed by atoms with E-state index in [2.05, 4.69) is 6.07 Å². The van der Waals surface area contributed by atoms with Gasteiger partial charge in [-0.05, 0) is 26.0 Å². The van der Waals surface area contributed by atoms with Gasteiger partial charge in [0.25, 0.3) is 0 Å². The van der Waals surface area contributed by atoms with Crippen LogP contribution in [0.3, 0.4) is 0 Å². The minimum absolute atomic E-state index is 0.0666. The number of hydrogen-bond donors (Lipinski definition) is 1. The van der Waals surface area contributed by atoms with E-state index in [0.717, 1.165) is 11.3 Å². The Balaban J connectivity index is 3.12. The molecule has 1 rings (SSSR count). The van der Waals surface area contributed by atoms with Crippen LogP contribution in [0.15, 0.2) is 18.2 Å². The summed E-state index contributed by atoms with van der Waals surface area (Å²) in [5.41, 5.74) is 1.65. The minimum Gasteiger partial charge on any atom is -0.496 e. The van der Waals surface area contributed by atoms with Crippen molar-refractivity contribution in [2.75, 3.05) is 25.6 Å². The summed E-state index contributed by atoms with van der Waals surface area (Å²) in [7, 11) is 3.50. The predicted molar refractivity (Wildman–Crippen MR) is 71.7 cm³/mol. The fraction of sp³-hybridized carbons (Fsp3) is 0.500. The van der Waals surface area contributed by atoms with Crippen LogP contribution in [0, 0.1) is 17.2 Å². The summed E-state index contributed by atoms with van der Waals surface area (Å²) in [6, 6.07) is 7.84. The van der Waals surface area contributed by atoms with E-state index >= 15 is 0 Å². The Labute approximate surface area is 108 Å². The van der Waals surface area contributed by atoms with Crippen LogP contribution in [-0.2, 0) is 0 Å². The molecule has 0 radical (unpaired) electrons. The first-order valence-electron chi connectivity index (χ1n) is 5.97. The van der Waals surface area contributed by atoms with Crippen molar-refractivity contribution in [1.82, 2.24) is 0 Å². The average molecular weight is 248 g/mol. The van der Waals surface area contributed by atoms with Gasteiger partial charge < -0.3 is 14.7 Å². The van der Waals surface area contributed by atoms with Gasteiger partial charge in [0.1, 0.15) is 5.75 Å². The van der Waals surface area contributed by atoms with E-state index in [-0.39, 0.29) is 5.92 Å². The van der Waals surface area contributed by atoms with Gasteiger partial charge in [0.15, 0.2) is 0 Å². The highest BCUT2D eigenvalue weighted by Gasteiger charge is 2.17. The lowest BCUT2D eigenvalue weighted by molar-refractivity contribution is 0.194. The van der Waals surface area contributed by atoms with Gasteiger partial charge in [0.2, 0.25) is 0 Å². The number of aliphatic hydroxyl groups excluding tert-OH is 1. The summed E-state index contributed by atoms with van der Waals surface area (Å²) in [4.78, 5) is 1.97. The molecule has 0 aliphatic carbocycles. The molecule has 0 saturated heterocycles. The summed E-state index contributed by atoms with van der Waals surface area (Å²) >= 11 is 0. The van der Waals surface area contributed by atoms with Crippen LogP contribution in [0.5, 0.6) is 5.75 Å². The molecule has 98 valence electrons. The average Bonchev–Trinajstić information content (AvgIpc) is 2.37. The van der Waals surface area contributed by atoms with E-state index in [1.165, 1.54) is 0 Å². The molecule has 0 bridgehead atoms. The van der Waals surface area contributed by atoms with Crippen LogP contribution in [0.2, 0.25) is 0 Å². The van der Waals surface area contributed by atoms with E-state index in [1.807, 2.05) is 37.1 Å². The second kappa shape index (κ2) is 6.27. The van der Waals surface area contributed by atoms with Gasteiger partial charge in [-0.15, -0.1) is 0 Å². The van der Waals surface area contributed by atoms with E-state index in [0.29, 0.717) is 12.3 Å². The number of benzene rings is 1. The van der Waals surface area contributed by atoms with Crippen LogP contribution >= 0.6 is 0 Å². The van der Waals surface area contributed by atoms with Crippen molar-refractivity contribution >= 4 is 5.69 Å². The fourth-order valence-corrected chi connectivity index (χ4v) is 2.01. The van der Waals surface area contributed by atoms with Crippen molar-refractivity contribution in [1.29, 1.82) is 5.26 Å². The molecule has 18 heavy (non-hydrogen) atoms. The third-order valence-electron chi connectivity index (χ3n) is 2.86. The zero-order chi connectivity index (χ0) is 13.7. The number of rotatable bonds is 5. The van der Waals surface area contributed by atoms with E-state index < -0.39 is 6.10 Å². The normalized spacial score (nSPS) is 13.6. The van der Waals surface area contributed by atoms with Crippen LogP contribution in [0.4, 0.5) is 5.69 Å². The number of ether oxygens (including phenoxy) is 1. The number of anilines is 1. The Bertz CT molecular complexity index is 438. The van der Waals surface area contributed by atoms with E-state index in [1.54, 1.807) is 14.0 Å². The SMILES string of the molecule is COc1cccc(N(C)CC(C)C#N)c1[C@H](C)O. The molecule has 2 atom stereocenters. The van der Waals surface area contributed by atoms with Crippen molar-refractivity contribution < 1.29 is 9.84 Å². The number of hydrogen-bond acceptors (Lipinski definition) is 4. The molecule has 0 saturated carbocycles. The predicted octanol–water partition coefficient (Wildman–Crippen LogP) is 2.34. The van der Waals surface area contributed by atoms with Crippen molar-refractivity contribution in [3.8, 4) is 11.8 Å². The Hall–Kier alpha value is -1.73. The lowest BCUT2D eigenvalue weighted by Gasteiger charge is -2.25. The van der Waals surface area contributed by atoms with Gasteiger partial charge in [-0.1, -0.05) is 6.07 Å². The maximum Gasteiger partial charge on any atom is 0.126 e. The van der Waals surface area contributed by atoms with Crippen molar-refractivity contribution in [2.24, 2.45) is 5.92 Å². The molecule has 4 nitrogen and oxygen atoms in total. The second-order valence-electron chi connectivity index (χ2n) is 4.48. The fourth-order valence-electron chi connectivity index (χ4n) is 2.01. The number of nitrogens with zero attached hydrogens (tertiary/aromatic N) is 2.